The first-order valence-corrected chi connectivity index (χ1v) is 9.79. The lowest BCUT2D eigenvalue weighted by molar-refractivity contribution is -0.139. The number of hydrogen-bond acceptors (Lipinski definition) is 4. The molecule has 0 unspecified atom stereocenters. The molecule has 1 amide bonds. The standard InChI is InChI=1S/C21H28N4O3/c1-4-23(14-19(26)27)17-10-12-24(13-11-17)21(28)20-15(2)22-25(16(20)3)18-8-6-5-7-9-18/h5-9,17H,4,10-14H2,1-3H3,(H,26,27). The molecule has 7 heteroatoms. The van der Waals surface area contributed by atoms with Crippen LogP contribution in [0.5, 0.6) is 0 Å². The molecule has 0 radical (unpaired) electrons. The third-order valence-electron chi connectivity index (χ3n) is 5.52. The van der Waals surface area contributed by atoms with Crippen molar-refractivity contribution in [2.45, 2.75) is 39.7 Å². The largest absolute Gasteiger partial charge is 0.480 e. The number of likely N-dealkylation sites (tertiary alicyclic amines) is 1. The number of carbonyl (C=O) groups excluding carboxylic acids is 1. The van der Waals surface area contributed by atoms with Crippen molar-refractivity contribution in [2.75, 3.05) is 26.2 Å². The fraction of sp³-hybridized carbons (Fsp3) is 0.476. The van der Waals surface area contributed by atoms with Crippen molar-refractivity contribution in [3.8, 4) is 5.69 Å². The highest BCUT2D eigenvalue weighted by molar-refractivity contribution is 5.96. The van der Waals surface area contributed by atoms with Gasteiger partial charge in [-0.05, 0) is 45.4 Å². The van der Waals surface area contributed by atoms with Crippen molar-refractivity contribution in [1.29, 1.82) is 0 Å². The Morgan fingerprint density at radius 1 is 1.18 bits per heavy atom. The zero-order chi connectivity index (χ0) is 20.3. The summed E-state index contributed by atoms with van der Waals surface area (Å²) in [7, 11) is 0. The molecule has 0 spiro atoms. The number of carboxylic acid groups (broad SMARTS) is 1. The van der Waals surface area contributed by atoms with Gasteiger partial charge >= 0.3 is 5.97 Å². The summed E-state index contributed by atoms with van der Waals surface area (Å²) < 4.78 is 1.82. The molecule has 2 heterocycles. The van der Waals surface area contributed by atoms with E-state index in [2.05, 4.69) is 5.10 Å². The molecule has 1 saturated heterocycles. The molecule has 150 valence electrons. The molecule has 1 aliphatic heterocycles. The molecule has 0 bridgehead atoms. The highest BCUT2D eigenvalue weighted by Crippen LogP contribution is 2.23. The van der Waals surface area contributed by atoms with Crippen LogP contribution in [0.4, 0.5) is 0 Å². The maximum Gasteiger partial charge on any atom is 0.317 e. The zero-order valence-corrected chi connectivity index (χ0v) is 16.8. The number of piperidine rings is 1. The fourth-order valence-corrected chi connectivity index (χ4v) is 4.04. The van der Waals surface area contributed by atoms with E-state index in [-0.39, 0.29) is 18.5 Å². The van der Waals surface area contributed by atoms with Gasteiger partial charge in [-0.1, -0.05) is 25.1 Å². The van der Waals surface area contributed by atoms with Crippen LogP contribution in [0.1, 0.15) is 41.5 Å². The van der Waals surface area contributed by atoms with Crippen molar-refractivity contribution >= 4 is 11.9 Å². The number of para-hydroxylation sites is 1. The summed E-state index contributed by atoms with van der Waals surface area (Å²) in [5.41, 5.74) is 3.18. The van der Waals surface area contributed by atoms with Crippen molar-refractivity contribution in [3.63, 3.8) is 0 Å². The van der Waals surface area contributed by atoms with E-state index in [1.807, 2.05) is 65.6 Å². The van der Waals surface area contributed by atoms with E-state index in [0.717, 1.165) is 29.9 Å². The Morgan fingerprint density at radius 2 is 1.82 bits per heavy atom. The van der Waals surface area contributed by atoms with Crippen LogP contribution < -0.4 is 0 Å². The van der Waals surface area contributed by atoms with Gasteiger partial charge in [0.15, 0.2) is 0 Å². The van der Waals surface area contributed by atoms with Gasteiger partial charge in [-0.25, -0.2) is 4.68 Å². The number of rotatable bonds is 6. The number of likely N-dealkylation sites (N-methyl/N-ethyl adjacent to an activating group) is 1. The molecule has 1 aromatic carbocycles. The summed E-state index contributed by atoms with van der Waals surface area (Å²) >= 11 is 0. The van der Waals surface area contributed by atoms with Crippen molar-refractivity contribution in [3.05, 3.63) is 47.3 Å². The van der Waals surface area contributed by atoms with Gasteiger partial charge in [0.05, 0.1) is 29.2 Å². The first-order valence-electron chi connectivity index (χ1n) is 9.79. The Hall–Kier alpha value is -2.67. The highest BCUT2D eigenvalue weighted by atomic mass is 16.4. The molecule has 0 saturated carbocycles. The Kier molecular flexibility index (Phi) is 6.14. The molecule has 7 nitrogen and oxygen atoms in total. The van der Waals surface area contributed by atoms with Crippen LogP contribution in [-0.4, -0.2) is 68.8 Å². The minimum absolute atomic E-state index is 0.0110. The number of amides is 1. The Balaban J connectivity index is 1.72. The maximum absolute atomic E-state index is 13.2. The van der Waals surface area contributed by atoms with E-state index < -0.39 is 5.97 Å². The summed E-state index contributed by atoms with van der Waals surface area (Å²) in [5.74, 6) is -0.795. The molecular weight excluding hydrogens is 356 g/mol. The lowest BCUT2D eigenvalue weighted by atomic mass is 10.0. The van der Waals surface area contributed by atoms with Gasteiger partial charge in [0.25, 0.3) is 5.91 Å². The normalized spacial score (nSPS) is 15.2. The van der Waals surface area contributed by atoms with Crippen LogP contribution in [0.3, 0.4) is 0 Å². The van der Waals surface area contributed by atoms with Gasteiger partial charge in [-0.15, -0.1) is 0 Å². The van der Waals surface area contributed by atoms with Crippen LogP contribution in [0.25, 0.3) is 5.69 Å². The number of aryl methyl sites for hydroxylation is 1. The highest BCUT2D eigenvalue weighted by Gasteiger charge is 2.30. The molecule has 3 rings (SSSR count). The van der Waals surface area contributed by atoms with Gasteiger partial charge in [-0.3, -0.25) is 14.5 Å². The molecule has 1 aromatic heterocycles. The first-order chi connectivity index (χ1) is 13.4. The SMILES string of the molecule is CCN(CC(=O)O)C1CCN(C(=O)c2c(C)nn(-c3ccccc3)c2C)CC1. The number of nitrogens with zero attached hydrogens (tertiary/aromatic N) is 4. The van der Waals surface area contributed by atoms with E-state index in [9.17, 15) is 9.59 Å². The van der Waals surface area contributed by atoms with E-state index in [1.165, 1.54) is 0 Å². The van der Waals surface area contributed by atoms with Crippen LogP contribution in [-0.2, 0) is 4.79 Å². The Labute approximate surface area is 165 Å². The van der Waals surface area contributed by atoms with Crippen molar-refractivity contribution in [1.82, 2.24) is 19.6 Å². The number of benzene rings is 1. The number of aromatic nitrogens is 2. The third kappa shape index (κ3) is 4.09. The van der Waals surface area contributed by atoms with E-state index in [4.69, 9.17) is 5.11 Å². The average molecular weight is 384 g/mol. The number of aliphatic carboxylic acids is 1. The topological polar surface area (TPSA) is 78.7 Å². The monoisotopic (exact) mass is 384 g/mol. The summed E-state index contributed by atoms with van der Waals surface area (Å²) in [6, 6.07) is 10.0. The Morgan fingerprint density at radius 3 is 2.39 bits per heavy atom. The predicted octanol–water partition coefficient (Wildman–Crippen LogP) is 2.50. The molecule has 0 atom stereocenters. The lowest BCUT2D eigenvalue weighted by Crippen LogP contribution is -2.48. The summed E-state index contributed by atoms with van der Waals surface area (Å²) in [5, 5.41) is 13.7. The quantitative estimate of drug-likeness (QED) is 0.828. The van der Waals surface area contributed by atoms with Gasteiger partial charge in [0.1, 0.15) is 0 Å². The van der Waals surface area contributed by atoms with Crippen LogP contribution in [0.15, 0.2) is 30.3 Å². The number of carbonyl (C=O) groups is 2. The molecule has 1 N–H and O–H groups in total. The summed E-state index contributed by atoms with van der Waals surface area (Å²) in [6.07, 6.45) is 1.58. The average Bonchev–Trinajstić information content (AvgIpc) is 3.00. The third-order valence-corrected chi connectivity index (χ3v) is 5.52. The summed E-state index contributed by atoms with van der Waals surface area (Å²) in [4.78, 5) is 28.1. The van der Waals surface area contributed by atoms with Crippen molar-refractivity contribution < 1.29 is 14.7 Å². The van der Waals surface area contributed by atoms with Crippen LogP contribution in [0.2, 0.25) is 0 Å². The summed E-state index contributed by atoms with van der Waals surface area (Å²) in [6.45, 7) is 7.80. The van der Waals surface area contributed by atoms with Gasteiger partial charge in [0, 0.05) is 19.1 Å². The fourth-order valence-electron chi connectivity index (χ4n) is 4.04. The zero-order valence-electron chi connectivity index (χ0n) is 16.8. The first kappa shape index (κ1) is 20.1. The molecule has 1 aliphatic rings. The smallest absolute Gasteiger partial charge is 0.317 e. The minimum atomic E-state index is -0.806. The van der Waals surface area contributed by atoms with Crippen LogP contribution >= 0.6 is 0 Å². The molecule has 1 fully saturated rings. The molecule has 0 aliphatic carbocycles. The predicted molar refractivity (Wildman–Crippen MR) is 107 cm³/mol. The van der Waals surface area contributed by atoms with Crippen LogP contribution in [0, 0.1) is 13.8 Å². The number of hydrogen-bond donors (Lipinski definition) is 1. The van der Waals surface area contributed by atoms with Crippen molar-refractivity contribution in [2.24, 2.45) is 0 Å². The second kappa shape index (κ2) is 8.56. The molecular formula is C21H28N4O3. The maximum atomic E-state index is 13.2. The van der Waals surface area contributed by atoms with E-state index in [0.29, 0.717) is 25.2 Å². The number of carboxylic acids is 1. The minimum Gasteiger partial charge on any atom is -0.480 e. The molecule has 2 aromatic rings. The lowest BCUT2D eigenvalue weighted by Gasteiger charge is -2.37. The Bertz CT molecular complexity index is 839. The van der Waals surface area contributed by atoms with Gasteiger partial charge < -0.3 is 10.0 Å². The van der Waals surface area contributed by atoms with Gasteiger partial charge in [0.2, 0.25) is 0 Å². The van der Waals surface area contributed by atoms with E-state index in [1.54, 1.807) is 0 Å². The van der Waals surface area contributed by atoms with E-state index >= 15 is 0 Å². The van der Waals surface area contributed by atoms with Gasteiger partial charge in [-0.2, -0.15) is 5.10 Å². The second-order valence-electron chi connectivity index (χ2n) is 7.27. The molecule has 28 heavy (non-hydrogen) atoms. The second-order valence-corrected chi connectivity index (χ2v) is 7.27.